The molecule has 18 heavy (non-hydrogen) atoms. The summed E-state index contributed by atoms with van der Waals surface area (Å²) in [5.74, 6) is -0.972. The summed E-state index contributed by atoms with van der Waals surface area (Å²) < 4.78 is 26.4. The van der Waals surface area contributed by atoms with Crippen LogP contribution in [0.3, 0.4) is 0 Å². The van der Waals surface area contributed by atoms with Gasteiger partial charge >= 0.3 is 0 Å². The van der Waals surface area contributed by atoms with Gasteiger partial charge in [0.1, 0.15) is 11.6 Å². The molecule has 0 radical (unpaired) electrons. The Bertz CT molecular complexity index is 575. The lowest BCUT2D eigenvalue weighted by Crippen LogP contribution is -1.86. The SMILES string of the molecule is OCc1ccc(Sc2cc(F)ccc2F)cc1Cl. The molecule has 2 aromatic rings. The van der Waals surface area contributed by atoms with Crippen molar-refractivity contribution in [2.24, 2.45) is 0 Å². The van der Waals surface area contributed by atoms with Crippen LogP contribution in [-0.2, 0) is 6.61 Å². The van der Waals surface area contributed by atoms with Gasteiger partial charge in [0.2, 0.25) is 0 Å². The smallest absolute Gasteiger partial charge is 0.137 e. The molecule has 1 N–H and O–H groups in total. The van der Waals surface area contributed by atoms with Crippen molar-refractivity contribution in [1.29, 1.82) is 0 Å². The third kappa shape index (κ3) is 3.02. The fourth-order valence-corrected chi connectivity index (χ4v) is 2.61. The highest BCUT2D eigenvalue weighted by Crippen LogP contribution is 2.32. The number of aliphatic hydroxyl groups excluding tert-OH is 1. The second-order valence-corrected chi connectivity index (χ2v) is 5.11. The maximum Gasteiger partial charge on any atom is 0.137 e. The molecule has 0 spiro atoms. The molecule has 0 fully saturated rings. The molecule has 0 aromatic heterocycles. The molecule has 2 aromatic carbocycles. The maximum absolute atomic E-state index is 13.4. The number of benzene rings is 2. The molecule has 0 saturated heterocycles. The van der Waals surface area contributed by atoms with E-state index in [4.69, 9.17) is 16.7 Å². The Morgan fingerprint density at radius 3 is 2.56 bits per heavy atom. The van der Waals surface area contributed by atoms with Crippen LogP contribution in [0, 0.1) is 11.6 Å². The number of aliphatic hydroxyl groups is 1. The van der Waals surface area contributed by atoms with Crippen LogP contribution in [0.5, 0.6) is 0 Å². The van der Waals surface area contributed by atoms with Crippen LogP contribution in [-0.4, -0.2) is 5.11 Å². The van der Waals surface area contributed by atoms with Crippen molar-refractivity contribution in [3.63, 3.8) is 0 Å². The van der Waals surface area contributed by atoms with Crippen molar-refractivity contribution >= 4 is 23.4 Å². The van der Waals surface area contributed by atoms with E-state index in [1.807, 2.05) is 0 Å². The molecule has 0 saturated carbocycles. The summed E-state index contributed by atoms with van der Waals surface area (Å²) in [6, 6.07) is 8.26. The first kappa shape index (κ1) is 13.3. The Balaban J connectivity index is 2.28. The van der Waals surface area contributed by atoms with E-state index in [1.54, 1.807) is 18.2 Å². The average Bonchev–Trinajstić information content (AvgIpc) is 2.34. The van der Waals surface area contributed by atoms with Gasteiger partial charge in [-0.15, -0.1) is 0 Å². The molecule has 0 aliphatic heterocycles. The van der Waals surface area contributed by atoms with E-state index in [9.17, 15) is 8.78 Å². The molecule has 0 aliphatic rings. The molecule has 0 heterocycles. The summed E-state index contributed by atoms with van der Waals surface area (Å²) in [4.78, 5) is 0.879. The topological polar surface area (TPSA) is 20.2 Å². The molecule has 5 heteroatoms. The lowest BCUT2D eigenvalue weighted by atomic mass is 10.2. The highest BCUT2D eigenvalue weighted by atomic mass is 35.5. The van der Waals surface area contributed by atoms with Crippen molar-refractivity contribution in [2.75, 3.05) is 0 Å². The highest BCUT2D eigenvalue weighted by molar-refractivity contribution is 7.99. The van der Waals surface area contributed by atoms with Gasteiger partial charge in [0, 0.05) is 9.92 Å². The monoisotopic (exact) mass is 286 g/mol. The predicted octanol–water partition coefficient (Wildman–Crippen LogP) is 4.26. The molecule has 0 amide bonds. The second-order valence-electron chi connectivity index (χ2n) is 3.59. The van der Waals surface area contributed by atoms with E-state index < -0.39 is 11.6 Å². The molecule has 2 rings (SSSR count). The number of rotatable bonds is 3. The number of hydrogen-bond donors (Lipinski definition) is 1. The van der Waals surface area contributed by atoms with Crippen LogP contribution in [0.25, 0.3) is 0 Å². The molecular formula is C13H9ClF2OS. The van der Waals surface area contributed by atoms with Gasteiger partial charge in [-0.1, -0.05) is 29.4 Å². The molecule has 0 unspecified atom stereocenters. The van der Waals surface area contributed by atoms with Crippen LogP contribution >= 0.6 is 23.4 Å². The molecule has 94 valence electrons. The van der Waals surface area contributed by atoms with E-state index in [-0.39, 0.29) is 11.5 Å². The van der Waals surface area contributed by atoms with Gasteiger partial charge in [-0.2, -0.15) is 0 Å². The minimum absolute atomic E-state index is 0.155. The van der Waals surface area contributed by atoms with E-state index in [0.29, 0.717) is 15.5 Å². The van der Waals surface area contributed by atoms with Crippen LogP contribution < -0.4 is 0 Å². The first-order chi connectivity index (χ1) is 8.60. The zero-order chi connectivity index (χ0) is 13.1. The third-order valence-corrected chi connectivity index (χ3v) is 3.69. The summed E-state index contributed by atoms with van der Waals surface area (Å²) in [6.45, 7) is -0.155. The molecule has 0 aliphatic carbocycles. The van der Waals surface area contributed by atoms with E-state index in [0.717, 1.165) is 30.0 Å². The zero-order valence-electron chi connectivity index (χ0n) is 9.16. The van der Waals surface area contributed by atoms with Gasteiger partial charge in [0.05, 0.1) is 11.5 Å². The van der Waals surface area contributed by atoms with Gasteiger partial charge in [0.15, 0.2) is 0 Å². The summed E-state index contributed by atoms with van der Waals surface area (Å²) in [7, 11) is 0. The van der Waals surface area contributed by atoms with Crippen molar-refractivity contribution in [3.8, 4) is 0 Å². The maximum atomic E-state index is 13.4. The first-order valence-corrected chi connectivity index (χ1v) is 6.32. The van der Waals surface area contributed by atoms with Crippen molar-refractivity contribution < 1.29 is 13.9 Å². The average molecular weight is 287 g/mol. The summed E-state index contributed by atoms with van der Waals surface area (Å²) in [5.41, 5.74) is 0.598. The third-order valence-electron chi connectivity index (χ3n) is 2.32. The van der Waals surface area contributed by atoms with Crippen molar-refractivity contribution in [2.45, 2.75) is 16.4 Å². The lowest BCUT2D eigenvalue weighted by Gasteiger charge is -2.06. The Kier molecular flexibility index (Phi) is 4.22. The number of halogens is 3. The van der Waals surface area contributed by atoms with E-state index >= 15 is 0 Å². The van der Waals surface area contributed by atoms with Gasteiger partial charge in [-0.25, -0.2) is 8.78 Å². The predicted molar refractivity (Wildman–Crippen MR) is 67.9 cm³/mol. The van der Waals surface area contributed by atoms with Gasteiger partial charge in [0.25, 0.3) is 0 Å². The molecular weight excluding hydrogens is 278 g/mol. The van der Waals surface area contributed by atoms with Crippen LogP contribution in [0.4, 0.5) is 8.78 Å². The Morgan fingerprint density at radius 1 is 1.11 bits per heavy atom. The van der Waals surface area contributed by atoms with E-state index in [2.05, 4.69) is 0 Å². The lowest BCUT2D eigenvalue weighted by molar-refractivity contribution is 0.282. The van der Waals surface area contributed by atoms with Crippen molar-refractivity contribution in [1.82, 2.24) is 0 Å². The van der Waals surface area contributed by atoms with Crippen LogP contribution in [0.2, 0.25) is 5.02 Å². The van der Waals surface area contributed by atoms with Gasteiger partial charge < -0.3 is 5.11 Å². The molecule has 0 atom stereocenters. The standard InChI is InChI=1S/C13H9ClF2OS/c14-11-6-10(3-1-8(11)7-17)18-13-5-9(15)2-4-12(13)16/h1-6,17H,7H2. The van der Waals surface area contributed by atoms with Crippen LogP contribution in [0.15, 0.2) is 46.2 Å². The van der Waals surface area contributed by atoms with Gasteiger partial charge in [-0.05, 0) is 35.9 Å². The Labute approximate surface area is 112 Å². The fraction of sp³-hybridized carbons (Fsp3) is 0.0769. The minimum Gasteiger partial charge on any atom is -0.392 e. The second kappa shape index (κ2) is 5.69. The fourth-order valence-electron chi connectivity index (χ4n) is 1.40. The largest absolute Gasteiger partial charge is 0.392 e. The zero-order valence-corrected chi connectivity index (χ0v) is 10.7. The highest BCUT2D eigenvalue weighted by Gasteiger charge is 2.07. The Hall–Kier alpha value is -1.10. The normalized spacial score (nSPS) is 10.7. The summed E-state index contributed by atoms with van der Waals surface area (Å²) in [5, 5.41) is 9.38. The quantitative estimate of drug-likeness (QED) is 0.910. The van der Waals surface area contributed by atoms with Crippen molar-refractivity contribution in [3.05, 3.63) is 58.6 Å². The van der Waals surface area contributed by atoms with E-state index in [1.165, 1.54) is 0 Å². The summed E-state index contributed by atoms with van der Waals surface area (Å²) >= 11 is 7.01. The molecule has 1 nitrogen and oxygen atoms in total. The number of hydrogen-bond acceptors (Lipinski definition) is 2. The summed E-state index contributed by atoms with van der Waals surface area (Å²) in [6.07, 6.45) is 0. The first-order valence-electron chi connectivity index (χ1n) is 5.12. The van der Waals surface area contributed by atoms with Crippen LogP contribution in [0.1, 0.15) is 5.56 Å². The molecule has 0 bridgehead atoms. The van der Waals surface area contributed by atoms with Gasteiger partial charge in [-0.3, -0.25) is 0 Å². The minimum atomic E-state index is -0.489. The Morgan fingerprint density at radius 2 is 1.89 bits per heavy atom.